The van der Waals surface area contributed by atoms with E-state index < -0.39 is 0 Å². The molecule has 0 heterocycles. The number of ether oxygens (including phenoxy) is 1. The molecule has 0 radical (unpaired) electrons. The van der Waals surface area contributed by atoms with Gasteiger partial charge in [0.2, 0.25) is 0 Å². The van der Waals surface area contributed by atoms with Crippen molar-refractivity contribution in [3.8, 4) is 5.75 Å². The summed E-state index contributed by atoms with van der Waals surface area (Å²) in [6.45, 7) is 5.51. The van der Waals surface area contributed by atoms with Crippen molar-refractivity contribution in [1.29, 1.82) is 0 Å². The minimum atomic E-state index is -0.226. The Bertz CT molecular complexity index is 537. The Morgan fingerprint density at radius 1 is 1.05 bits per heavy atom. The standard InChI is InChI=1S/C17H20FNO/c1-13(2)19-11-15-4-3-5-17(10-15)20-12-14-6-8-16(18)9-7-14/h3-10,13,19H,11-12H2,1-2H3. The Morgan fingerprint density at radius 3 is 2.50 bits per heavy atom. The first-order chi connectivity index (χ1) is 9.63. The smallest absolute Gasteiger partial charge is 0.123 e. The van der Waals surface area contributed by atoms with Gasteiger partial charge in [-0.2, -0.15) is 0 Å². The van der Waals surface area contributed by atoms with Crippen molar-refractivity contribution >= 4 is 0 Å². The zero-order chi connectivity index (χ0) is 14.4. The van der Waals surface area contributed by atoms with Gasteiger partial charge in [-0.1, -0.05) is 38.1 Å². The fourth-order valence-electron chi connectivity index (χ4n) is 1.81. The summed E-state index contributed by atoms with van der Waals surface area (Å²) in [5, 5.41) is 3.37. The van der Waals surface area contributed by atoms with Crippen LogP contribution in [-0.4, -0.2) is 6.04 Å². The molecule has 0 unspecified atom stereocenters. The van der Waals surface area contributed by atoms with Gasteiger partial charge in [0, 0.05) is 12.6 Å². The van der Waals surface area contributed by atoms with Gasteiger partial charge in [-0.3, -0.25) is 0 Å². The summed E-state index contributed by atoms with van der Waals surface area (Å²) in [6.07, 6.45) is 0. The first-order valence-corrected chi connectivity index (χ1v) is 6.83. The van der Waals surface area contributed by atoms with E-state index >= 15 is 0 Å². The van der Waals surface area contributed by atoms with Crippen LogP contribution in [0.25, 0.3) is 0 Å². The van der Waals surface area contributed by atoms with Gasteiger partial charge in [-0.15, -0.1) is 0 Å². The topological polar surface area (TPSA) is 21.3 Å². The molecule has 0 saturated heterocycles. The predicted octanol–water partition coefficient (Wildman–Crippen LogP) is 3.90. The van der Waals surface area contributed by atoms with Crippen LogP contribution in [0.3, 0.4) is 0 Å². The molecule has 2 aromatic rings. The van der Waals surface area contributed by atoms with Crippen molar-refractivity contribution in [3.63, 3.8) is 0 Å². The van der Waals surface area contributed by atoms with E-state index in [-0.39, 0.29) is 5.82 Å². The summed E-state index contributed by atoms with van der Waals surface area (Å²) < 4.78 is 18.5. The molecular formula is C17H20FNO. The lowest BCUT2D eigenvalue weighted by Crippen LogP contribution is -2.21. The van der Waals surface area contributed by atoms with Crippen molar-refractivity contribution in [2.75, 3.05) is 0 Å². The number of nitrogens with one attached hydrogen (secondary N) is 1. The summed E-state index contributed by atoms with van der Waals surface area (Å²) in [4.78, 5) is 0. The third-order valence-electron chi connectivity index (χ3n) is 2.93. The molecule has 1 N–H and O–H groups in total. The first-order valence-electron chi connectivity index (χ1n) is 6.83. The normalized spacial score (nSPS) is 10.8. The monoisotopic (exact) mass is 273 g/mol. The third-order valence-corrected chi connectivity index (χ3v) is 2.93. The van der Waals surface area contributed by atoms with Gasteiger partial charge >= 0.3 is 0 Å². The number of hydrogen-bond donors (Lipinski definition) is 1. The SMILES string of the molecule is CC(C)NCc1cccc(OCc2ccc(F)cc2)c1. The van der Waals surface area contributed by atoms with Crippen LogP contribution in [0.5, 0.6) is 5.75 Å². The fraction of sp³-hybridized carbons (Fsp3) is 0.294. The van der Waals surface area contributed by atoms with E-state index in [2.05, 4.69) is 25.2 Å². The fourth-order valence-corrected chi connectivity index (χ4v) is 1.81. The largest absolute Gasteiger partial charge is 0.489 e. The minimum Gasteiger partial charge on any atom is -0.489 e. The molecule has 2 aromatic carbocycles. The molecule has 0 spiro atoms. The molecule has 0 aliphatic heterocycles. The summed E-state index contributed by atoms with van der Waals surface area (Å²) in [5.74, 6) is 0.605. The maximum atomic E-state index is 12.8. The van der Waals surface area contributed by atoms with Crippen LogP contribution >= 0.6 is 0 Å². The second-order valence-corrected chi connectivity index (χ2v) is 5.10. The lowest BCUT2D eigenvalue weighted by atomic mass is 10.2. The van der Waals surface area contributed by atoms with E-state index in [4.69, 9.17) is 4.74 Å². The zero-order valence-corrected chi connectivity index (χ0v) is 11.9. The van der Waals surface area contributed by atoms with Crippen LogP contribution in [0.15, 0.2) is 48.5 Å². The van der Waals surface area contributed by atoms with Crippen LogP contribution in [0.2, 0.25) is 0 Å². The molecule has 0 aliphatic rings. The second kappa shape index (κ2) is 7.06. The highest BCUT2D eigenvalue weighted by Gasteiger charge is 2.00. The molecule has 0 saturated carbocycles. The van der Waals surface area contributed by atoms with Gasteiger partial charge in [0.05, 0.1) is 0 Å². The molecule has 2 rings (SSSR count). The van der Waals surface area contributed by atoms with Gasteiger partial charge < -0.3 is 10.1 Å². The highest BCUT2D eigenvalue weighted by Crippen LogP contribution is 2.15. The molecule has 0 bridgehead atoms. The Kier molecular flexibility index (Phi) is 5.13. The Morgan fingerprint density at radius 2 is 1.80 bits per heavy atom. The van der Waals surface area contributed by atoms with Gasteiger partial charge in [-0.25, -0.2) is 4.39 Å². The van der Waals surface area contributed by atoms with Gasteiger partial charge in [0.1, 0.15) is 18.2 Å². The quantitative estimate of drug-likeness (QED) is 0.861. The number of rotatable bonds is 6. The zero-order valence-electron chi connectivity index (χ0n) is 11.9. The molecule has 3 heteroatoms. The summed E-state index contributed by atoms with van der Waals surface area (Å²) in [6, 6.07) is 14.8. The Hall–Kier alpha value is -1.87. The van der Waals surface area contributed by atoms with Crippen molar-refractivity contribution < 1.29 is 9.13 Å². The Balaban J connectivity index is 1.92. The summed E-state index contributed by atoms with van der Waals surface area (Å²) in [5.41, 5.74) is 2.15. The van der Waals surface area contributed by atoms with Crippen LogP contribution in [-0.2, 0) is 13.2 Å². The van der Waals surface area contributed by atoms with Crippen LogP contribution in [0.1, 0.15) is 25.0 Å². The average Bonchev–Trinajstić information content (AvgIpc) is 2.45. The minimum absolute atomic E-state index is 0.226. The van der Waals surface area contributed by atoms with Crippen molar-refractivity contribution in [3.05, 3.63) is 65.5 Å². The van der Waals surface area contributed by atoms with Gasteiger partial charge in [0.25, 0.3) is 0 Å². The van der Waals surface area contributed by atoms with Crippen LogP contribution < -0.4 is 10.1 Å². The molecule has 2 nitrogen and oxygen atoms in total. The van der Waals surface area contributed by atoms with Crippen molar-refractivity contribution in [1.82, 2.24) is 5.32 Å². The Labute approximate surface area is 119 Å². The van der Waals surface area contributed by atoms with Crippen LogP contribution in [0.4, 0.5) is 4.39 Å². The van der Waals surface area contributed by atoms with E-state index in [1.54, 1.807) is 12.1 Å². The van der Waals surface area contributed by atoms with E-state index in [0.29, 0.717) is 12.6 Å². The highest BCUT2D eigenvalue weighted by molar-refractivity contribution is 5.29. The maximum absolute atomic E-state index is 12.8. The lowest BCUT2D eigenvalue weighted by molar-refractivity contribution is 0.305. The molecule has 20 heavy (non-hydrogen) atoms. The number of halogens is 1. The van der Waals surface area contributed by atoms with E-state index in [1.807, 2.05) is 18.2 Å². The van der Waals surface area contributed by atoms with E-state index in [1.165, 1.54) is 17.7 Å². The third kappa shape index (κ3) is 4.67. The maximum Gasteiger partial charge on any atom is 0.123 e. The predicted molar refractivity (Wildman–Crippen MR) is 79.1 cm³/mol. The van der Waals surface area contributed by atoms with Gasteiger partial charge in [0.15, 0.2) is 0 Å². The molecule has 0 aliphatic carbocycles. The van der Waals surface area contributed by atoms with Crippen molar-refractivity contribution in [2.24, 2.45) is 0 Å². The van der Waals surface area contributed by atoms with E-state index in [9.17, 15) is 4.39 Å². The second-order valence-electron chi connectivity index (χ2n) is 5.10. The molecule has 0 amide bonds. The molecule has 0 fully saturated rings. The highest BCUT2D eigenvalue weighted by atomic mass is 19.1. The van der Waals surface area contributed by atoms with Gasteiger partial charge in [-0.05, 0) is 35.4 Å². The summed E-state index contributed by atoms with van der Waals surface area (Å²) in [7, 11) is 0. The number of benzene rings is 2. The lowest BCUT2D eigenvalue weighted by Gasteiger charge is -2.10. The van der Waals surface area contributed by atoms with Crippen molar-refractivity contribution in [2.45, 2.75) is 33.0 Å². The molecular weight excluding hydrogens is 253 g/mol. The summed E-state index contributed by atoms with van der Waals surface area (Å²) >= 11 is 0. The van der Waals surface area contributed by atoms with E-state index in [0.717, 1.165) is 17.9 Å². The number of hydrogen-bond acceptors (Lipinski definition) is 2. The molecule has 106 valence electrons. The first kappa shape index (κ1) is 14.5. The molecule has 0 aromatic heterocycles. The molecule has 0 atom stereocenters. The van der Waals surface area contributed by atoms with Crippen LogP contribution in [0, 0.1) is 5.82 Å². The average molecular weight is 273 g/mol.